The number of aromatic nitrogens is 1. The number of hydrogen-bond donors (Lipinski definition) is 1. The average Bonchev–Trinajstić information content (AvgIpc) is 3.04. The number of anilines is 1. The van der Waals surface area contributed by atoms with Crippen LogP contribution in [0.1, 0.15) is 12.8 Å². The van der Waals surface area contributed by atoms with Crippen molar-refractivity contribution in [2.24, 2.45) is 5.92 Å². The van der Waals surface area contributed by atoms with Crippen LogP contribution in [0.25, 0.3) is 21.0 Å². The first-order valence-electron chi connectivity index (χ1n) is 8.46. The van der Waals surface area contributed by atoms with E-state index in [1.165, 1.54) is 21.9 Å². The summed E-state index contributed by atoms with van der Waals surface area (Å²) in [5.74, 6) is -0.510. The van der Waals surface area contributed by atoms with Gasteiger partial charge in [-0.05, 0) is 24.3 Å². The number of thiazole rings is 1. The molecule has 1 aliphatic rings. The highest BCUT2D eigenvalue weighted by molar-refractivity contribution is 7.88. The molecule has 1 amide bonds. The molecular weight excluding hydrogens is 370 g/mol. The Morgan fingerprint density at radius 2 is 2.08 bits per heavy atom. The van der Waals surface area contributed by atoms with Crippen LogP contribution in [-0.4, -0.2) is 43.0 Å². The van der Waals surface area contributed by atoms with Crippen LogP contribution < -0.4 is 5.32 Å². The van der Waals surface area contributed by atoms with Gasteiger partial charge in [0, 0.05) is 18.5 Å². The highest BCUT2D eigenvalue weighted by atomic mass is 32.2. The molecule has 6 nitrogen and oxygen atoms in total. The van der Waals surface area contributed by atoms with Crippen molar-refractivity contribution in [3.8, 4) is 0 Å². The number of carbonyl (C=O) groups excluding carboxylic acids is 1. The second kappa shape index (κ2) is 6.61. The Bertz CT molecular complexity index is 1090. The quantitative estimate of drug-likeness (QED) is 0.747. The maximum absolute atomic E-state index is 12.6. The fourth-order valence-corrected chi connectivity index (χ4v) is 5.18. The summed E-state index contributed by atoms with van der Waals surface area (Å²) in [4.78, 5) is 17.2. The van der Waals surface area contributed by atoms with Gasteiger partial charge in [-0.15, -0.1) is 0 Å². The smallest absolute Gasteiger partial charge is 0.230 e. The first-order valence-corrected chi connectivity index (χ1v) is 11.1. The molecule has 2 heterocycles. The van der Waals surface area contributed by atoms with Crippen LogP contribution >= 0.6 is 11.3 Å². The summed E-state index contributed by atoms with van der Waals surface area (Å²) in [5.41, 5.74) is 0.879. The summed E-state index contributed by atoms with van der Waals surface area (Å²) < 4.78 is 25.9. The van der Waals surface area contributed by atoms with E-state index in [1.54, 1.807) is 0 Å². The van der Waals surface area contributed by atoms with Gasteiger partial charge < -0.3 is 5.32 Å². The van der Waals surface area contributed by atoms with E-state index in [0.29, 0.717) is 24.5 Å². The van der Waals surface area contributed by atoms with E-state index in [4.69, 9.17) is 0 Å². The minimum Gasteiger partial charge on any atom is -0.302 e. The van der Waals surface area contributed by atoms with Crippen molar-refractivity contribution >= 4 is 53.4 Å². The molecule has 0 aliphatic carbocycles. The number of fused-ring (bicyclic) bond motifs is 3. The first-order chi connectivity index (χ1) is 12.4. The number of nitrogens with one attached hydrogen (secondary N) is 1. The molecule has 1 fully saturated rings. The summed E-state index contributed by atoms with van der Waals surface area (Å²) in [7, 11) is -3.27. The highest BCUT2D eigenvalue weighted by Crippen LogP contribution is 2.32. The molecular formula is C18H19N3O3S2. The Labute approximate surface area is 155 Å². The Morgan fingerprint density at radius 1 is 1.27 bits per heavy atom. The normalized spacial score (nSPS) is 19.0. The van der Waals surface area contributed by atoms with Crippen molar-refractivity contribution in [3.63, 3.8) is 0 Å². The predicted octanol–water partition coefficient (Wildman–Crippen LogP) is 3.06. The van der Waals surface area contributed by atoms with E-state index in [2.05, 4.69) is 10.3 Å². The average molecular weight is 390 g/mol. The highest BCUT2D eigenvalue weighted by Gasteiger charge is 2.30. The molecule has 1 saturated heterocycles. The first kappa shape index (κ1) is 17.4. The van der Waals surface area contributed by atoms with Crippen molar-refractivity contribution in [3.05, 3.63) is 36.4 Å². The predicted molar refractivity (Wildman–Crippen MR) is 105 cm³/mol. The second-order valence-corrected chi connectivity index (χ2v) is 9.61. The van der Waals surface area contributed by atoms with Crippen LogP contribution in [-0.2, 0) is 14.8 Å². The lowest BCUT2D eigenvalue weighted by Crippen LogP contribution is -2.43. The minimum atomic E-state index is -3.27. The summed E-state index contributed by atoms with van der Waals surface area (Å²) in [6.07, 6.45) is 2.56. The van der Waals surface area contributed by atoms with Crippen molar-refractivity contribution < 1.29 is 13.2 Å². The van der Waals surface area contributed by atoms with Gasteiger partial charge in [-0.3, -0.25) is 4.79 Å². The zero-order valence-electron chi connectivity index (χ0n) is 14.3. The van der Waals surface area contributed by atoms with Crippen LogP contribution in [0.2, 0.25) is 0 Å². The molecule has 4 rings (SSSR count). The third kappa shape index (κ3) is 3.32. The maximum Gasteiger partial charge on any atom is 0.230 e. The molecule has 1 atom stereocenters. The SMILES string of the molecule is CS(=O)(=O)N1CCCC(C(=O)Nc2nc3c(ccc4ccccc43)s2)C1. The summed E-state index contributed by atoms with van der Waals surface area (Å²) >= 11 is 1.44. The van der Waals surface area contributed by atoms with E-state index in [0.717, 1.165) is 21.0 Å². The van der Waals surface area contributed by atoms with Gasteiger partial charge in [0.15, 0.2) is 5.13 Å². The molecule has 8 heteroatoms. The summed E-state index contributed by atoms with van der Waals surface area (Å²) in [6, 6.07) is 12.1. The molecule has 3 aromatic rings. The molecule has 2 aromatic carbocycles. The number of hydrogen-bond acceptors (Lipinski definition) is 5. The molecule has 1 unspecified atom stereocenters. The van der Waals surface area contributed by atoms with Gasteiger partial charge in [0.05, 0.1) is 22.4 Å². The molecule has 0 bridgehead atoms. The number of benzene rings is 2. The van der Waals surface area contributed by atoms with Crippen molar-refractivity contribution in [2.45, 2.75) is 12.8 Å². The monoisotopic (exact) mass is 389 g/mol. The third-order valence-corrected chi connectivity index (χ3v) is 6.94. The summed E-state index contributed by atoms with van der Waals surface area (Å²) in [6.45, 7) is 0.717. The number of sulfonamides is 1. The standard InChI is InChI=1S/C18H19N3O3S2/c1-26(23,24)21-10-4-6-13(11-21)17(22)20-18-19-16-14-7-3-2-5-12(14)8-9-15(16)25-18/h2-3,5,7-9,13H,4,6,10-11H2,1H3,(H,19,20,22). The van der Waals surface area contributed by atoms with Crippen LogP contribution in [0.4, 0.5) is 5.13 Å². The van der Waals surface area contributed by atoms with Gasteiger partial charge in [-0.1, -0.05) is 41.7 Å². The van der Waals surface area contributed by atoms with Gasteiger partial charge in [0.25, 0.3) is 0 Å². The van der Waals surface area contributed by atoms with Crippen molar-refractivity contribution in [1.29, 1.82) is 0 Å². The molecule has 0 spiro atoms. The van der Waals surface area contributed by atoms with Gasteiger partial charge >= 0.3 is 0 Å². The van der Waals surface area contributed by atoms with E-state index >= 15 is 0 Å². The van der Waals surface area contributed by atoms with E-state index < -0.39 is 10.0 Å². The molecule has 1 aliphatic heterocycles. The number of amides is 1. The van der Waals surface area contributed by atoms with Crippen LogP contribution in [0.15, 0.2) is 36.4 Å². The molecule has 0 radical (unpaired) electrons. The topological polar surface area (TPSA) is 79.4 Å². The fourth-order valence-electron chi connectivity index (χ4n) is 3.38. The van der Waals surface area contributed by atoms with E-state index in [9.17, 15) is 13.2 Å². The Kier molecular flexibility index (Phi) is 4.42. The molecule has 1 aromatic heterocycles. The summed E-state index contributed by atoms with van der Waals surface area (Å²) in [5, 5.41) is 5.61. The number of rotatable bonds is 3. The van der Waals surface area contributed by atoms with Crippen molar-refractivity contribution in [1.82, 2.24) is 9.29 Å². The Hall–Kier alpha value is -2.03. The van der Waals surface area contributed by atoms with Crippen molar-refractivity contribution in [2.75, 3.05) is 24.7 Å². The van der Waals surface area contributed by atoms with Crippen LogP contribution in [0.5, 0.6) is 0 Å². The molecule has 26 heavy (non-hydrogen) atoms. The second-order valence-electron chi connectivity index (χ2n) is 6.60. The number of carbonyl (C=O) groups is 1. The van der Waals surface area contributed by atoms with Crippen LogP contribution in [0.3, 0.4) is 0 Å². The Morgan fingerprint density at radius 3 is 2.88 bits per heavy atom. The van der Waals surface area contributed by atoms with E-state index in [1.807, 2.05) is 36.4 Å². The Balaban J connectivity index is 1.57. The fraction of sp³-hybridized carbons (Fsp3) is 0.333. The lowest BCUT2D eigenvalue weighted by molar-refractivity contribution is -0.120. The van der Waals surface area contributed by atoms with Gasteiger partial charge in [-0.25, -0.2) is 17.7 Å². The molecule has 136 valence electrons. The minimum absolute atomic E-state index is 0.165. The maximum atomic E-state index is 12.6. The zero-order valence-corrected chi connectivity index (χ0v) is 15.9. The van der Waals surface area contributed by atoms with E-state index in [-0.39, 0.29) is 18.4 Å². The lowest BCUT2D eigenvalue weighted by Gasteiger charge is -2.29. The zero-order chi connectivity index (χ0) is 18.3. The molecule has 0 saturated carbocycles. The number of nitrogens with zero attached hydrogens (tertiary/aromatic N) is 2. The van der Waals surface area contributed by atoms with Gasteiger partial charge in [0.1, 0.15) is 0 Å². The lowest BCUT2D eigenvalue weighted by atomic mass is 9.99. The van der Waals surface area contributed by atoms with Gasteiger partial charge in [0.2, 0.25) is 15.9 Å². The number of piperidine rings is 1. The van der Waals surface area contributed by atoms with Gasteiger partial charge in [-0.2, -0.15) is 0 Å². The largest absolute Gasteiger partial charge is 0.302 e. The van der Waals surface area contributed by atoms with Crippen LogP contribution in [0, 0.1) is 5.92 Å². The molecule has 1 N–H and O–H groups in total. The third-order valence-electron chi connectivity index (χ3n) is 4.74.